The number of carboxylic acid groups (broad SMARTS) is 1. The third-order valence-electron chi connectivity index (χ3n) is 2.97. The van der Waals surface area contributed by atoms with Crippen molar-refractivity contribution in [3.05, 3.63) is 58.3 Å². The van der Waals surface area contributed by atoms with E-state index in [9.17, 15) is 14.7 Å². The predicted octanol–water partition coefficient (Wildman–Crippen LogP) is 2.93. The molecule has 0 spiro atoms. The molecule has 0 aliphatic heterocycles. The minimum Gasteiger partial charge on any atom is -0.479 e. The Balaban J connectivity index is 2.01. The van der Waals surface area contributed by atoms with E-state index in [2.05, 4.69) is 10.6 Å². The van der Waals surface area contributed by atoms with Gasteiger partial charge in [-0.1, -0.05) is 36.4 Å². The zero-order valence-electron chi connectivity index (χ0n) is 11.4. The number of carbonyl (C=O) groups excluding carboxylic acids is 1. The average molecular weight is 304 g/mol. The molecule has 1 aromatic heterocycles. The summed E-state index contributed by atoms with van der Waals surface area (Å²) in [4.78, 5) is 24.3. The van der Waals surface area contributed by atoms with Crippen molar-refractivity contribution in [1.82, 2.24) is 10.6 Å². The molecular formula is C15H16N2O3S. The van der Waals surface area contributed by atoms with E-state index in [1.165, 1.54) is 11.3 Å². The van der Waals surface area contributed by atoms with Crippen LogP contribution in [0.1, 0.15) is 29.4 Å². The quantitative estimate of drug-likeness (QED) is 0.794. The van der Waals surface area contributed by atoms with E-state index in [0.29, 0.717) is 5.56 Å². The van der Waals surface area contributed by atoms with Crippen molar-refractivity contribution in [2.75, 3.05) is 0 Å². The number of nitrogens with one attached hydrogen (secondary N) is 2. The van der Waals surface area contributed by atoms with Gasteiger partial charge >= 0.3 is 12.0 Å². The van der Waals surface area contributed by atoms with E-state index in [0.717, 1.165) is 4.88 Å². The largest absolute Gasteiger partial charge is 0.479 e. The second kappa shape index (κ2) is 6.90. The fourth-order valence-electron chi connectivity index (χ4n) is 1.91. The fourth-order valence-corrected chi connectivity index (χ4v) is 2.65. The molecule has 2 aromatic rings. The molecule has 0 radical (unpaired) electrons. The van der Waals surface area contributed by atoms with Gasteiger partial charge in [0.05, 0.1) is 6.04 Å². The Labute approximate surface area is 126 Å². The van der Waals surface area contributed by atoms with Gasteiger partial charge in [-0.15, -0.1) is 11.3 Å². The third kappa shape index (κ3) is 4.06. The smallest absolute Gasteiger partial charge is 0.330 e. The Morgan fingerprint density at radius 2 is 1.81 bits per heavy atom. The molecule has 2 atom stereocenters. The minimum atomic E-state index is -1.10. The highest BCUT2D eigenvalue weighted by Crippen LogP contribution is 2.18. The molecule has 3 N–H and O–H groups in total. The maximum absolute atomic E-state index is 12.0. The number of rotatable bonds is 5. The summed E-state index contributed by atoms with van der Waals surface area (Å²) in [6.45, 7) is 1.85. The summed E-state index contributed by atoms with van der Waals surface area (Å²) >= 11 is 1.54. The van der Waals surface area contributed by atoms with Crippen molar-refractivity contribution in [3.8, 4) is 0 Å². The lowest BCUT2D eigenvalue weighted by molar-refractivity contribution is -0.139. The van der Waals surface area contributed by atoms with Crippen molar-refractivity contribution in [3.63, 3.8) is 0 Å². The molecule has 2 rings (SSSR count). The molecule has 0 aliphatic carbocycles. The summed E-state index contributed by atoms with van der Waals surface area (Å²) < 4.78 is 0. The maximum atomic E-state index is 12.0. The number of amides is 2. The predicted molar refractivity (Wildman–Crippen MR) is 81.2 cm³/mol. The Hall–Kier alpha value is -2.34. The van der Waals surface area contributed by atoms with Crippen molar-refractivity contribution < 1.29 is 14.7 Å². The fraction of sp³-hybridized carbons (Fsp3) is 0.200. The van der Waals surface area contributed by atoms with Crippen molar-refractivity contribution in [2.45, 2.75) is 19.0 Å². The highest BCUT2D eigenvalue weighted by Gasteiger charge is 2.22. The van der Waals surface area contributed by atoms with Crippen molar-refractivity contribution in [1.29, 1.82) is 0 Å². The lowest BCUT2D eigenvalue weighted by atomic mass is 10.1. The van der Waals surface area contributed by atoms with Crippen LogP contribution in [-0.4, -0.2) is 17.1 Å². The molecule has 110 valence electrons. The van der Waals surface area contributed by atoms with Gasteiger partial charge < -0.3 is 15.7 Å². The van der Waals surface area contributed by atoms with Crippen LogP contribution in [0.4, 0.5) is 4.79 Å². The van der Waals surface area contributed by atoms with E-state index in [1.54, 1.807) is 30.3 Å². The van der Waals surface area contributed by atoms with Crippen molar-refractivity contribution in [2.24, 2.45) is 0 Å². The molecule has 5 nitrogen and oxygen atoms in total. The highest BCUT2D eigenvalue weighted by molar-refractivity contribution is 7.10. The number of benzene rings is 1. The van der Waals surface area contributed by atoms with Crippen LogP contribution < -0.4 is 10.6 Å². The molecule has 0 aliphatic rings. The third-order valence-corrected chi connectivity index (χ3v) is 4.03. The van der Waals surface area contributed by atoms with Gasteiger partial charge in [0.25, 0.3) is 0 Å². The summed E-state index contributed by atoms with van der Waals surface area (Å²) in [5, 5.41) is 16.4. The van der Waals surface area contributed by atoms with Gasteiger partial charge in [-0.2, -0.15) is 0 Å². The first-order valence-electron chi connectivity index (χ1n) is 6.46. The zero-order chi connectivity index (χ0) is 15.2. The van der Waals surface area contributed by atoms with E-state index >= 15 is 0 Å². The molecule has 0 saturated carbocycles. The standard InChI is InChI=1S/C15H16N2O3S/c1-10(12-8-5-9-21-12)16-15(20)17-13(14(18)19)11-6-3-2-4-7-11/h2-10,13H,1H3,(H,18,19)(H2,16,17,20). The number of carboxylic acids is 1. The Kier molecular flexibility index (Phi) is 4.94. The van der Waals surface area contributed by atoms with Gasteiger partial charge in [0.1, 0.15) is 0 Å². The number of carbonyl (C=O) groups is 2. The van der Waals surface area contributed by atoms with Crippen LogP contribution in [0.2, 0.25) is 0 Å². The summed E-state index contributed by atoms with van der Waals surface area (Å²) in [6, 6.07) is 10.7. The Morgan fingerprint density at radius 3 is 2.38 bits per heavy atom. The minimum absolute atomic E-state index is 0.171. The van der Waals surface area contributed by atoms with Crippen LogP contribution in [0.15, 0.2) is 47.8 Å². The second-order valence-electron chi connectivity index (χ2n) is 4.54. The van der Waals surface area contributed by atoms with E-state index in [4.69, 9.17) is 0 Å². The van der Waals surface area contributed by atoms with Gasteiger partial charge in [0.15, 0.2) is 6.04 Å². The molecule has 0 bridgehead atoms. The number of aliphatic carboxylic acids is 1. The molecule has 1 aromatic carbocycles. The Bertz CT molecular complexity index is 599. The van der Waals surface area contributed by atoms with Crippen LogP contribution in [0, 0.1) is 0 Å². The average Bonchev–Trinajstić information content (AvgIpc) is 2.99. The second-order valence-corrected chi connectivity index (χ2v) is 5.52. The normalized spacial score (nSPS) is 13.2. The van der Waals surface area contributed by atoms with E-state index in [-0.39, 0.29) is 6.04 Å². The van der Waals surface area contributed by atoms with E-state index in [1.807, 2.05) is 24.4 Å². The van der Waals surface area contributed by atoms with Gasteiger partial charge in [-0.3, -0.25) is 0 Å². The van der Waals surface area contributed by atoms with Crippen LogP contribution in [-0.2, 0) is 4.79 Å². The monoisotopic (exact) mass is 304 g/mol. The van der Waals surface area contributed by atoms with Crippen molar-refractivity contribution >= 4 is 23.3 Å². The summed E-state index contributed by atoms with van der Waals surface area (Å²) in [7, 11) is 0. The van der Waals surface area contributed by atoms with Gasteiger partial charge in [0, 0.05) is 4.88 Å². The summed E-state index contributed by atoms with van der Waals surface area (Å²) in [5.41, 5.74) is 0.531. The molecule has 6 heteroatoms. The number of hydrogen-bond donors (Lipinski definition) is 3. The molecular weight excluding hydrogens is 288 g/mol. The van der Waals surface area contributed by atoms with Crippen LogP contribution >= 0.6 is 11.3 Å². The maximum Gasteiger partial charge on any atom is 0.330 e. The zero-order valence-corrected chi connectivity index (χ0v) is 12.3. The first kappa shape index (κ1) is 15.1. The van der Waals surface area contributed by atoms with E-state index < -0.39 is 18.0 Å². The molecule has 0 saturated heterocycles. The van der Waals surface area contributed by atoms with Crippen LogP contribution in [0.25, 0.3) is 0 Å². The SMILES string of the molecule is CC(NC(=O)NC(C(=O)O)c1ccccc1)c1cccs1. The lowest BCUT2D eigenvalue weighted by Crippen LogP contribution is -2.41. The van der Waals surface area contributed by atoms with Crippen LogP contribution in [0.3, 0.4) is 0 Å². The Morgan fingerprint density at radius 1 is 1.10 bits per heavy atom. The topological polar surface area (TPSA) is 78.4 Å². The van der Waals surface area contributed by atoms with Gasteiger partial charge in [-0.25, -0.2) is 9.59 Å². The summed E-state index contributed by atoms with van der Waals surface area (Å²) in [6.07, 6.45) is 0. The number of urea groups is 1. The number of thiophene rings is 1. The lowest BCUT2D eigenvalue weighted by Gasteiger charge is -2.18. The van der Waals surface area contributed by atoms with Crippen LogP contribution in [0.5, 0.6) is 0 Å². The molecule has 0 fully saturated rings. The van der Waals surface area contributed by atoms with Gasteiger partial charge in [0.2, 0.25) is 0 Å². The molecule has 2 unspecified atom stereocenters. The van der Waals surface area contributed by atoms with Gasteiger partial charge in [-0.05, 0) is 23.9 Å². The summed E-state index contributed by atoms with van der Waals surface area (Å²) in [5.74, 6) is -1.10. The number of hydrogen-bond acceptors (Lipinski definition) is 3. The first-order chi connectivity index (χ1) is 10.1. The molecule has 2 amide bonds. The first-order valence-corrected chi connectivity index (χ1v) is 7.34. The highest BCUT2D eigenvalue weighted by atomic mass is 32.1. The molecule has 21 heavy (non-hydrogen) atoms. The molecule has 1 heterocycles.